The highest BCUT2D eigenvalue weighted by Crippen LogP contribution is 2.25. The van der Waals surface area contributed by atoms with Crippen LogP contribution < -0.4 is 11.5 Å². The Hall–Kier alpha value is -1.82. The lowest BCUT2D eigenvalue weighted by molar-refractivity contribution is 0.190. The molecule has 0 bridgehead atoms. The Labute approximate surface area is 208 Å². The molecule has 2 fully saturated rings. The van der Waals surface area contributed by atoms with Crippen LogP contribution in [0.3, 0.4) is 0 Å². The van der Waals surface area contributed by atoms with Gasteiger partial charge in [0, 0.05) is 50.0 Å². The van der Waals surface area contributed by atoms with Crippen LogP contribution in [0.5, 0.6) is 0 Å². The molecule has 2 aliphatic rings. The summed E-state index contributed by atoms with van der Waals surface area (Å²) in [4.78, 5) is 7.59. The molecule has 0 amide bonds. The summed E-state index contributed by atoms with van der Waals surface area (Å²) < 4.78 is 0. The molecule has 34 heavy (non-hydrogen) atoms. The number of unbranched alkanes of at least 4 members (excludes halogenated alkanes) is 1. The summed E-state index contributed by atoms with van der Waals surface area (Å²) in [6.07, 6.45) is 12.6. The fraction of sp³-hybridized carbons (Fsp3) is 0.655. The first-order valence-corrected chi connectivity index (χ1v) is 13.7. The first kappa shape index (κ1) is 26.8. The minimum absolute atomic E-state index is 0.398. The molecule has 0 radical (unpaired) electrons. The van der Waals surface area contributed by atoms with Gasteiger partial charge in [-0.1, -0.05) is 56.7 Å². The van der Waals surface area contributed by atoms with E-state index in [1.54, 1.807) is 0 Å². The normalized spacial score (nSPS) is 20.1. The molecule has 0 unspecified atom stereocenters. The number of allylic oxidation sites excluding steroid dienone is 3. The maximum atomic E-state index is 6.26. The molecule has 2 heterocycles. The summed E-state index contributed by atoms with van der Waals surface area (Å²) in [7, 11) is 2.24. The molecule has 5 heteroatoms. The number of hydrogen-bond acceptors (Lipinski definition) is 5. The first-order chi connectivity index (χ1) is 16.5. The molecule has 2 aliphatic heterocycles. The van der Waals surface area contributed by atoms with Gasteiger partial charge in [0.15, 0.2) is 0 Å². The van der Waals surface area contributed by atoms with Gasteiger partial charge >= 0.3 is 0 Å². The Bertz CT molecular complexity index is 768. The van der Waals surface area contributed by atoms with Crippen molar-refractivity contribution < 1.29 is 0 Å². The first-order valence-electron chi connectivity index (χ1n) is 13.7. The van der Waals surface area contributed by atoms with E-state index in [2.05, 4.69) is 72.0 Å². The lowest BCUT2D eigenvalue weighted by Gasteiger charge is -2.33. The Kier molecular flexibility index (Phi) is 11.0. The van der Waals surface area contributed by atoms with Gasteiger partial charge in [0.2, 0.25) is 0 Å². The van der Waals surface area contributed by atoms with Crippen LogP contribution in [0, 0.1) is 5.92 Å². The Morgan fingerprint density at radius 2 is 1.62 bits per heavy atom. The third-order valence-electron chi connectivity index (χ3n) is 7.58. The van der Waals surface area contributed by atoms with Gasteiger partial charge in [-0.3, -0.25) is 4.90 Å². The van der Waals surface area contributed by atoms with Crippen molar-refractivity contribution in [2.45, 2.75) is 71.4 Å². The molecule has 0 aromatic heterocycles. The smallest absolute Gasteiger partial charge is 0.0397 e. The minimum atomic E-state index is 0.398. The van der Waals surface area contributed by atoms with Crippen LogP contribution >= 0.6 is 0 Å². The van der Waals surface area contributed by atoms with Gasteiger partial charge in [-0.15, -0.1) is 0 Å². The van der Waals surface area contributed by atoms with E-state index in [1.807, 2.05) is 0 Å². The highest BCUT2D eigenvalue weighted by molar-refractivity contribution is 5.64. The molecule has 3 rings (SSSR count). The molecule has 0 saturated carbocycles. The molecule has 5 nitrogen and oxygen atoms in total. The zero-order valence-corrected chi connectivity index (χ0v) is 22.0. The molecule has 1 aromatic rings. The second kappa shape index (κ2) is 13.9. The zero-order valence-electron chi connectivity index (χ0n) is 22.0. The topological polar surface area (TPSA) is 61.8 Å². The molecule has 0 spiro atoms. The van der Waals surface area contributed by atoms with Crippen LogP contribution in [0.2, 0.25) is 0 Å². The van der Waals surface area contributed by atoms with Crippen LogP contribution in [0.25, 0.3) is 5.70 Å². The maximum absolute atomic E-state index is 6.26. The van der Waals surface area contributed by atoms with Crippen molar-refractivity contribution in [2.75, 3.05) is 46.3 Å². The van der Waals surface area contributed by atoms with Crippen molar-refractivity contribution in [3.05, 3.63) is 53.2 Å². The predicted octanol–water partition coefficient (Wildman–Crippen LogP) is 4.65. The number of rotatable bonds is 11. The van der Waals surface area contributed by atoms with Crippen LogP contribution in [-0.2, 0) is 6.54 Å². The number of hydrogen-bond donors (Lipinski definition) is 2. The fourth-order valence-electron chi connectivity index (χ4n) is 5.23. The van der Waals surface area contributed by atoms with Gasteiger partial charge in [-0.25, -0.2) is 0 Å². The largest absolute Gasteiger partial charge is 0.402 e. The van der Waals surface area contributed by atoms with E-state index in [9.17, 15) is 0 Å². The van der Waals surface area contributed by atoms with E-state index in [1.165, 1.54) is 36.1 Å². The van der Waals surface area contributed by atoms with E-state index in [4.69, 9.17) is 11.5 Å². The number of benzene rings is 1. The number of likely N-dealkylation sites (N-methyl/N-ethyl adjacent to an activating group) is 1. The Morgan fingerprint density at radius 3 is 2.24 bits per heavy atom. The maximum Gasteiger partial charge on any atom is 0.0397 e. The van der Waals surface area contributed by atoms with Gasteiger partial charge < -0.3 is 21.3 Å². The molecular formula is C29H49N5. The van der Waals surface area contributed by atoms with E-state index in [0.717, 1.165) is 77.2 Å². The molecule has 4 N–H and O–H groups in total. The predicted molar refractivity (Wildman–Crippen MR) is 146 cm³/mol. The molecule has 190 valence electrons. The third kappa shape index (κ3) is 8.14. The number of nitrogens with zero attached hydrogens (tertiary/aromatic N) is 3. The summed E-state index contributed by atoms with van der Waals surface area (Å²) in [5.41, 5.74) is 17.5. The summed E-state index contributed by atoms with van der Waals surface area (Å²) in [6.45, 7) is 12.2. The zero-order chi connectivity index (χ0) is 24.3. The highest BCUT2D eigenvalue weighted by atomic mass is 15.2. The van der Waals surface area contributed by atoms with Crippen LogP contribution in [-0.4, -0.2) is 67.1 Å². The van der Waals surface area contributed by atoms with Crippen LogP contribution in [0.4, 0.5) is 0 Å². The Morgan fingerprint density at radius 1 is 0.971 bits per heavy atom. The Balaban J connectivity index is 1.54. The lowest BCUT2D eigenvalue weighted by atomic mass is 9.93. The summed E-state index contributed by atoms with van der Waals surface area (Å²) in [5.74, 6) is 0.571. The van der Waals surface area contributed by atoms with E-state index in [-0.39, 0.29) is 0 Å². The molecule has 1 aromatic carbocycles. The average molecular weight is 468 g/mol. The standard InChI is InChI=1S/C29H49N5/c1-4-6-8-29(32(3)21-22-33-19-15-27(30)16-20-33)26-11-9-24(10-12-26)23-34-17-13-25(14-18-34)28(31)7-5-2/h7-12,25,27H,4-6,13-23,30-31H2,1-3H3/b28-7+,29-8?. The number of nitrogens with two attached hydrogens (primary N) is 2. The van der Waals surface area contributed by atoms with Crippen LogP contribution in [0.15, 0.2) is 42.1 Å². The van der Waals surface area contributed by atoms with Gasteiger partial charge in [0.25, 0.3) is 0 Å². The molecule has 0 aliphatic carbocycles. The van der Waals surface area contributed by atoms with Gasteiger partial charge in [0.05, 0.1) is 0 Å². The number of likely N-dealkylation sites (tertiary alicyclic amines) is 2. The van der Waals surface area contributed by atoms with Gasteiger partial charge in [0.1, 0.15) is 0 Å². The van der Waals surface area contributed by atoms with Crippen molar-refractivity contribution in [2.24, 2.45) is 17.4 Å². The molecule has 0 atom stereocenters. The van der Waals surface area contributed by atoms with Crippen molar-refractivity contribution in [1.82, 2.24) is 14.7 Å². The van der Waals surface area contributed by atoms with Crippen molar-refractivity contribution in [3.8, 4) is 0 Å². The van der Waals surface area contributed by atoms with Gasteiger partial charge in [-0.2, -0.15) is 0 Å². The molecular weight excluding hydrogens is 418 g/mol. The monoisotopic (exact) mass is 467 g/mol. The highest BCUT2D eigenvalue weighted by Gasteiger charge is 2.21. The van der Waals surface area contributed by atoms with E-state index < -0.39 is 0 Å². The van der Waals surface area contributed by atoms with Crippen molar-refractivity contribution in [3.63, 3.8) is 0 Å². The SMILES string of the molecule is CC/C=C(/N)C1CCN(Cc2ccc(C(=CCCC)N(C)CCN3CCC(N)CC3)cc2)CC1. The quantitative estimate of drug-likeness (QED) is 0.496. The van der Waals surface area contributed by atoms with Crippen molar-refractivity contribution in [1.29, 1.82) is 0 Å². The molecule has 2 saturated heterocycles. The second-order valence-electron chi connectivity index (χ2n) is 10.3. The van der Waals surface area contributed by atoms with E-state index in [0.29, 0.717) is 12.0 Å². The summed E-state index contributed by atoms with van der Waals surface area (Å²) in [5, 5.41) is 0. The summed E-state index contributed by atoms with van der Waals surface area (Å²) in [6, 6.07) is 9.69. The average Bonchev–Trinajstić information content (AvgIpc) is 2.85. The lowest BCUT2D eigenvalue weighted by Crippen LogP contribution is -2.42. The van der Waals surface area contributed by atoms with Gasteiger partial charge in [-0.05, 0) is 75.8 Å². The number of piperidine rings is 2. The third-order valence-corrected chi connectivity index (χ3v) is 7.58. The summed E-state index contributed by atoms with van der Waals surface area (Å²) >= 11 is 0. The van der Waals surface area contributed by atoms with E-state index >= 15 is 0 Å². The second-order valence-corrected chi connectivity index (χ2v) is 10.3. The fourth-order valence-corrected chi connectivity index (χ4v) is 5.23. The minimum Gasteiger partial charge on any atom is -0.402 e. The van der Waals surface area contributed by atoms with Crippen molar-refractivity contribution >= 4 is 5.70 Å². The van der Waals surface area contributed by atoms with Crippen LogP contribution in [0.1, 0.15) is 69.9 Å².